The van der Waals surface area contributed by atoms with Gasteiger partial charge in [-0.25, -0.2) is 23.1 Å². The number of anilines is 1. The van der Waals surface area contributed by atoms with Crippen molar-refractivity contribution in [2.45, 2.75) is 10.8 Å². The summed E-state index contributed by atoms with van der Waals surface area (Å²) < 4.78 is 26.3. The summed E-state index contributed by atoms with van der Waals surface area (Å²) in [6.07, 6.45) is 2.93. The van der Waals surface area contributed by atoms with E-state index in [1.54, 1.807) is 11.4 Å². The summed E-state index contributed by atoms with van der Waals surface area (Å²) in [5.41, 5.74) is 6.21. The molecule has 0 saturated carbocycles. The first kappa shape index (κ1) is 12.0. The second kappa shape index (κ2) is 4.78. The topological polar surface area (TPSA) is 98.0 Å². The van der Waals surface area contributed by atoms with Crippen LogP contribution in [0, 0.1) is 0 Å². The number of nitrogens with zero attached hydrogens (tertiary/aromatic N) is 2. The molecule has 0 aromatic carbocycles. The van der Waals surface area contributed by atoms with Crippen molar-refractivity contribution >= 4 is 27.3 Å². The summed E-state index contributed by atoms with van der Waals surface area (Å²) in [5, 5.41) is 1.71. The lowest BCUT2D eigenvalue weighted by Gasteiger charge is -2.02. The predicted octanol–water partition coefficient (Wildman–Crippen LogP) is 0.798. The first-order chi connectivity index (χ1) is 8.12. The maximum atomic E-state index is 11.9. The average Bonchev–Trinajstić information content (AvgIpc) is 2.79. The highest BCUT2D eigenvalue weighted by Crippen LogP contribution is 2.21. The second-order valence-electron chi connectivity index (χ2n) is 3.16. The Hall–Kier alpha value is -1.51. The maximum Gasteiger partial charge on any atom is 0.273 e. The van der Waals surface area contributed by atoms with E-state index in [9.17, 15) is 8.42 Å². The molecule has 6 nitrogen and oxygen atoms in total. The van der Waals surface area contributed by atoms with Gasteiger partial charge >= 0.3 is 0 Å². The van der Waals surface area contributed by atoms with Crippen molar-refractivity contribution < 1.29 is 8.42 Å². The molecule has 2 aromatic heterocycles. The van der Waals surface area contributed by atoms with Crippen molar-refractivity contribution in [3.05, 3.63) is 35.5 Å². The number of sulfonamides is 1. The van der Waals surface area contributed by atoms with Gasteiger partial charge in [-0.3, -0.25) is 0 Å². The quantitative estimate of drug-likeness (QED) is 0.856. The van der Waals surface area contributed by atoms with Gasteiger partial charge in [0.25, 0.3) is 10.0 Å². The van der Waals surface area contributed by atoms with Crippen LogP contribution in [0.15, 0.2) is 34.1 Å². The average molecular weight is 270 g/mol. The van der Waals surface area contributed by atoms with E-state index in [2.05, 4.69) is 14.7 Å². The van der Waals surface area contributed by atoms with Crippen LogP contribution < -0.4 is 10.5 Å². The van der Waals surface area contributed by atoms with Crippen molar-refractivity contribution in [3.63, 3.8) is 0 Å². The Kier molecular flexibility index (Phi) is 3.36. The summed E-state index contributed by atoms with van der Waals surface area (Å²) in [7, 11) is -3.61. The Morgan fingerprint density at radius 1 is 1.35 bits per heavy atom. The van der Waals surface area contributed by atoms with Gasteiger partial charge in [0.2, 0.25) is 5.95 Å². The predicted molar refractivity (Wildman–Crippen MR) is 65.1 cm³/mol. The lowest BCUT2D eigenvalue weighted by atomic mass is 10.4. The highest BCUT2D eigenvalue weighted by Gasteiger charge is 2.17. The normalized spacial score (nSPS) is 11.4. The molecule has 0 spiro atoms. The van der Waals surface area contributed by atoms with Gasteiger partial charge in [0.15, 0.2) is 0 Å². The number of hydrogen-bond acceptors (Lipinski definition) is 6. The van der Waals surface area contributed by atoms with Gasteiger partial charge in [-0.05, 0) is 23.1 Å². The standard InChI is InChI=1S/C9H10N4O2S2/c10-5-7-4-8(16-6-7)17(14,15)13-9-11-2-1-3-12-9/h1-4,6H,5,10H2,(H,11,12,13). The largest absolute Gasteiger partial charge is 0.326 e. The molecule has 2 aromatic rings. The summed E-state index contributed by atoms with van der Waals surface area (Å²) in [5.74, 6) is 0.0511. The second-order valence-corrected chi connectivity index (χ2v) is 5.98. The fourth-order valence-electron chi connectivity index (χ4n) is 1.12. The summed E-state index contributed by atoms with van der Waals surface area (Å²) in [4.78, 5) is 7.59. The molecule has 0 atom stereocenters. The minimum atomic E-state index is -3.61. The van der Waals surface area contributed by atoms with Crippen molar-refractivity contribution in [1.82, 2.24) is 9.97 Å². The molecule has 0 radical (unpaired) electrons. The molecule has 2 rings (SSSR count). The fourth-order valence-corrected chi connectivity index (χ4v) is 3.30. The molecule has 0 amide bonds. The van der Waals surface area contributed by atoms with E-state index >= 15 is 0 Å². The van der Waals surface area contributed by atoms with E-state index in [1.807, 2.05) is 0 Å². The molecule has 0 saturated heterocycles. The SMILES string of the molecule is NCc1csc(S(=O)(=O)Nc2ncccn2)c1. The number of nitrogens with one attached hydrogen (secondary N) is 1. The Bertz CT molecular complexity index is 594. The van der Waals surface area contributed by atoms with E-state index in [4.69, 9.17) is 5.73 Å². The van der Waals surface area contributed by atoms with Crippen LogP contribution in [0.4, 0.5) is 5.95 Å². The number of aromatic nitrogens is 2. The lowest BCUT2D eigenvalue weighted by molar-refractivity contribution is 0.602. The minimum Gasteiger partial charge on any atom is -0.326 e. The minimum absolute atomic E-state index is 0.0511. The molecule has 0 aliphatic rings. The molecular formula is C9H10N4O2S2. The van der Waals surface area contributed by atoms with Crippen LogP contribution in [0.25, 0.3) is 0 Å². The van der Waals surface area contributed by atoms with Gasteiger partial charge in [-0.1, -0.05) is 0 Å². The van der Waals surface area contributed by atoms with Gasteiger partial charge < -0.3 is 5.73 Å². The number of thiophene rings is 1. The van der Waals surface area contributed by atoms with E-state index in [0.29, 0.717) is 6.54 Å². The van der Waals surface area contributed by atoms with Gasteiger partial charge in [0.1, 0.15) is 4.21 Å². The van der Waals surface area contributed by atoms with Crippen LogP contribution in [0.1, 0.15) is 5.56 Å². The summed E-state index contributed by atoms with van der Waals surface area (Å²) in [6, 6.07) is 3.14. The van der Waals surface area contributed by atoms with Crippen LogP contribution in [0.3, 0.4) is 0 Å². The Morgan fingerprint density at radius 3 is 2.65 bits per heavy atom. The van der Waals surface area contributed by atoms with Gasteiger partial charge in [-0.15, -0.1) is 11.3 Å². The van der Waals surface area contributed by atoms with Crippen LogP contribution in [-0.4, -0.2) is 18.4 Å². The number of rotatable bonds is 4. The first-order valence-electron chi connectivity index (χ1n) is 4.69. The number of nitrogens with two attached hydrogens (primary N) is 1. The molecule has 17 heavy (non-hydrogen) atoms. The van der Waals surface area contributed by atoms with E-state index in [1.165, 1.54) is 18.5 Å². The smallest absolute Gasteiger partial charge is 0.273 e. The molecule has 3 N–H and O–H groups in total. The maximum absolute atomic E-state index is 11.9. The van der Waals surface area contributed by atoms with Crippen molar-refractivity contribution in [2.24, 2.45) is 5.73 Å². The molecule has 0 aliphatic heterocycles. The van der Waals surface area contributed by atoms with Crippen LogP contribution in [0.5, 0.6) is 0 Å². The third kappa shape index (κ3) is 2.78. The molecule has 0 bridgehead atoms. The zero-order valence-corrected chi connectivity index (χ0v) is 10.3. The third-order valence-electron chi connectivity index (χ3n) is 1.92. The Morgan fingerprint density at radius 2 is 2.06 bits per heavy atom. The highest BCUT2D eigenvalue weighted by molar-refractivity contribution is 7.94. The van der Waals surface area contributed by atoms with E-state index in [-0.39, 0.29) is 10.2 Å². The molecule has 8 heteroatoms. The zero-order chi connectivity index (χ0) is 12.3. The first-order valence-corrected chi connectivity index (χ1v) is 7.05. The van der Waals surface area contributed by atoms with E-state index in [0.717, 1.165) is 16.9 Å². The molecule has 0 unspecified atom stereocenters. The van der Waals surface area contributed by atoms with Crippen LogP contribution in [0.2, 0.25) is 0 Å². The van der Waals surface area contributed by atoms with Gasteiger partial charge in [0.05, 0.1) is 0 Å². The molecule has 0 aliphatic carbocycles. The molecule has 2 heterocycles. The van der Waals surface area contributed by atoms with Crippen molar-refractivity contribution in [1.29, 1.82) is 0 Å². The van der Waals surface area contributed by atoms with Gasteiger partial charge in [-0.2, -0.15) is 0 Å². The fraction of sp³-hybridized carbons (Fsp3) is 0.111. The van der Waals surface area contributed by atoms with Gasteiger partial charge in [0, 0.05) is 18.9 Å². The van der Waals surface area contributed by atoms with Crippen LogP contribution in [-0.2, 0) is 16.6 Å². The van der Waals surface area contributed by atoms with Crippen LogP contribution >= 0.6 is 11.3 Å². The van der Waals surface area contributed by atoms with Crippen molar-refractivity contribution in [3.8, 4) is 0 Å². The Labute approximate surface area is 103 Å². The van der Waals surface area contributed by atoms with Crippen molar-refractivity contribution in [2.75, 3.05) is 4.72 Å². The molecular weight excluding hydrogens is 260 g/mol. The molecule has 0 fully saturated rings. The monoisotopic (exact) mass is 270 g/mol. The number of hydrogen-bond donors (Lipinski definition) is 2. The van der Waals surface area contributed by atoms with E-state index < -0.39 is 10.0 Å². The Balaban J connectivity index is 2.25. The highest BCUT2D eigenvalue weighted by atomic mass is 32.2. The third-order valence-corrected chi connectivity index (χ3v) is 4.74. The summed E-state index contributed by atoms with van der Waals surface area (Å²) >= 11 is 1.11. The molecule has 90 valence electrons. The zero-order valence-electron chi connectivity index (χ0n) is 8.70. The summed E-state index contributed by atoms with van der Waals surface area (Å²) in [6.45, 7) is 0.313. The lowest BCUT2D eigenvalue weighted by Crippen LogP contribution is -2.13.